The average Bonchev–Trinajstić information content (AvgIpc) is 2.50. The minimum absolute atomic E-state index is 0.367. The number of hydrogen-bond acceptors (Lipinski definition) is 1. The molecule has 0 aliphatic heterocycles. The largest absolute Gasteiger partial charge is 0.390 e. The molecule has 0 aliphatic carbocycles. The van der Waals surface area contributed by atoms with Crippen LogP contribution in [0.3, 0.4) is 0 Å². The molecule has 1 nitrogen and oxygen atoms in total. The van der Waals surface area contributed by atoms with Crippen molar-refractivity contribution < 1.29 is 5.11 Å². The van der Waals surface area contributed by atoms with Crippen LogP contribution in [0, 0.1) is 0 Å². The SMILES string of the molecule is CCCCCCCCCC(O)(CC)CCCCCCCC. The van der Waals surface area contributed by atoms with Crippen LogP contribution in [0.2, 0.25) is 0 Å². The standard InChI is InChI=1S/C20H42O/c1-4-7-9-11-13-15-17-19-20(21,6-3)18-16-14-12-10-8-5-2/h21H,4-19H2,1-3H3. The molecule has 0 rings (SSSR count). The van der Waals surface area contributed by atoms with Gasteiger partial charge in [0.15, 0.2) is 0 Å². The Morgan fingerprint density at radius 1 is 0.524 bits per heavy atom. The second-order valence-electron chi connectivity index (χ2n) is 6.97. The first-order valence-corrected chi connectivity index (χ1v) is 9.91. The van der Waals surface area contributed by atoms with Crippen LogP contribution in [0.15, 0.2) is 0 Å². The molecule has 0 fully saturated rings. The Bertz CT molecular complexity index is 202. The Morgan fingerprint density at radius 3 is 1.19 bits per heavy atom. The first-order valence-electron chi connectivity index (χ1n) is 9.91. The Kier molecular flexibility index (Phi) is 14.9. The molecule has 21 heavy (non-hydrogen) atoms. The van der Waals surface area contributed by atoms with E-state index in [-0.39, 0.29) is 5.60 Å². The molecule has 1 N–H and O–H groups in total. The van der Waals surface area contributed by atoms with Gasteiger partial charge in [-0.05, 0) is 19.3 Å². The van der Waals surface area contributed by atoms with Gasteiger partial charge < -0.3 is 5.11 Å². The highest BCUT2D eigenvalue weighted by molar-refractivity contribution is 4.76. The molecular weight excluding hydrogens is 256 g/mol. The summed E-state index contributed by atoms with van der Waals surface area (Å²) in [5.41, 5.74) is -0.367. The van der Waals surface area contributed by atoms with Gasteiger partial charge in [-0.2, -0.15) is 0 Å². The van der Waals surface area contributed by atoms with Crippen LogP contribution in [0.25, 0.3) is 0 Å². The zero-order valence-electron chi connectivity index (χ0n) is 15.3. The Hall–Kier alpha value is -0.0400. The van der Waals surface area contributed by atoms with E-state index in [9.17, 15) is 5.11 Å². The lowest BCUT2D eigenvalue weighted by Gasteiger charge is -2.27. The molecule has 128 valence electrons. The van der Waals surface area contributed by atoms with E-state index in [1.165, 1.54) is 83.5 Å². The van der Waals surface area contributed by atoms with Gasteiger partial charge in [-0.25, -0.2) is 0 Å². The minimum atomic E-state index is -0.367. The van der Waals surface area contributed by atoms with Crippen molar-refractivity contribution >= 4 is 0 Å². The highest BCUT2D eigenvalue weighted by Crippen LogP contribution is 2.26. The third-order valence-corrected chi connectivity index (χ3v) is 4.90. The lowest BCUT2D eigenvalue weighted by Crippen LogP contribution is -2.27. The summed E-state index contributed by atoms with van der Waals surface area (Å²) in [7, 11) is 0. The summed E-state index contributed by atoms with van der Waals surface area (Å²) in [5.74, 6) is 0. The molecule has 0 amide bonds. The van der Waals surface area contributed by atoms with E-state index >= 15 is 0 Å². The number of unbranched alkanes of at least 4 members (excludes halogenated alkanes) is 11. The van der Waals surface area contributed by atoms with Gasteiger partial charge >= 0.3 is 0 Å². The van der Waals surface area contributed by atoms with Gasteiger partial charge in [-0.3, -0.25) is 0 Å². The van der Waals surface area contributed by atoms with Crippen molar-refractivity contribution in [1.29, 1.82) is 0 Å². The molecule has 0 bridgehead atoms. The zero-order chi connectivity index (χ0) is 15.8. The van der Waals surface area contributed by atoms with Crippen LogP contribution in [-0.2, 0) is 0 Å². The summed E-state index contributed by atoms with van der Waals surface area (Å²) >= 11 is 0. The van der Waals surface area contributed by atoms with Crippen LogP contribution < -0.4 is 0 Å². The van der Waals surface area contributed by atoms with Gasteiger partial charge in [-0.1, -0.05) is 104 Å². The van der Waals surface area contributed by atoms with E-state index in [0.29, 0.717) is 0 Å². The van der Waals surface area contributed by atoms with Crippen LogP contribution in [-0.4, -0.2) is 10.7 Å². The lowest BCUT2D eigenvalue weighted by atomic mass is 9.87. The Morgan fingerprint density at radius 2 is 0.857 bits per heavy atom. The first kappa shape index (κ1) is 21.0. The molecule has 1 heteroatoms. The second-order valence-corrected chi connectivity index (χ2v) is 6.97. The maximum absolute atomic E-state index is 10.7. The summed E-state index contributed by atoms with van der Waals surface area (Å²) in [4.78, 5) is 0. The molecule has 0 radical (unpaired) electrons. The predicted molar refractivity (Wildman–Crippen MR) is 95.8 cm³/mol. The van der Waals surface area contributed by atoms with Gasteiger partial charge in [-0.15, -0.1) is 0 Å². The molecule has 0 aliphatic rings. The van der Waals surface area contributed by atoms with Crippen molar-refractivity contribution in [2.75, 3.05) is 0 Å². The van der Waals surface area contributed by atoms with Crippen molar-refractivity contribution in [3.8, 4) is 0 Å². The molecule has 0 aromatic carbocycles. The molecule has 0 saturated heterocycles. The molecule has 0 heterocycles. The molecule has 0 spiro atoms. The lowest BCUT2D eigenvalue weighted by molar-refractivity contribution is 0.0140. The van der Waals surface area contributed by atoms with E-state index in [2.05, 4.69) is 20.8 Å². The maximum Gasteiger partial charge on any atom is 0.0645 e. The van der Waals surface area contributed by atoms with Crippen LogP contribution in [0.5, 0.6) is 0 Å². The molecule has 0 saturated carbocycles. The molecule has 0 aromatic heterocycles. The third kappa shape index (κ3) is 13.4. The molecule has 1 atom stereocenters. The summed E-state index contributed by atoms with van der Waals surface area (Å²) in [6.45, 7) is 6.68. The Balaban J connectivity index is 3.55. The Labute approximate surface area is 134 Å². The summed E-state index contributed by atoms with van der Waals surface area (Å²) in [5, 5.41) is 10.7. The van der Waals surface area contributed by atoms with Gasteiger partial charge in [0.2, 0.25) is 0 Å². The van der Waals surface area contributed by atoms with E-state index in [0.717, 1.165) is 19.3 Å². The minimum Gasteiger partial charge on any atom is -0.390 e. The van der Waals surface area contributed by atoms with Crippen molar-refractivity contribution in [3.63, 3.8) is 0 Å². The van der Waals surface area contributed by atoms with Crippen LogP contribution in [0.4, 0.5) is 0 Å². The monoisotopic (exact) mass is 298 g/mol. The summed E-state index contributed by atoms with van der Waals surface area (Å²) < 4.78 is 0. The third-order valence-electron chi connectivity index (χ3n) is 4.90. The van der Waals surface area contributed by atoms with E-state index < -0.39 is 0 Å². The zero-order valence-corrected chi connectivity index (χ0v) is 15.3. The number of hydrogen-bond donors (Lipinski definition) is 1. The van der Waals surface area contributed by atoms with Crippen LogP contribution >= 0.6 is 0 Å². The van der Waals surface area contributed by atoms with Gasteiger partial charge in [0.05, 0.1) is 5.60 Å². The predicted octanol–water partition coefficient (Wildman–Crippen LogP) is 7.02. The molecule has 1 unspecified atom stereocenters. The van der Waals surface area contributed by atoms with Gasteiger partial charge in [0.25, 0.3) is 0 Å². The van der Waals surface area contributed by atoms with E-state index in [4.69, 9.17) is 0 Å². The van der Waals surface area contributed by atoms with E-state index in [1.807, 2.05) is 0 Å². The summed E-state index contributed by atoms with van der Waals surface area (Å²) in [6.07, 6.45) is 20.3. The fraction of sp³-hybridized carbons (Fsp3) is 1.00. The van der Waals surface area contributed by atoms with Crippen molar-refractivity contribution in [2.24, 2.45) is 0 Å². The number of aliphatic hydroxyl groups is 1. The highest BCUT2D eigenvalue weighted by atomic mass is 16.3. The van der Waals surface area contributed by atoms with Gasteiger partial charge in [0.1, 0.15) is 0 Å². The highest BCUT2D eigenvalue weighted by Gasteiger charge is 2.22. The fourth-order valence-electron chi connectivity index (χ4n) is 3.12. The maximum atomic E-state index is 10.7. The first-order chi connectivity index (χ1) is 10.2. The number of rotatable bonds is 16. The van der Waals surface area contributed by atoms with Crippen molar-refractivity contribution in [1.82, 2.24) is 0 Å². The van der Waals surface area contributed by atoms with Gasteiger partial charge in [0, 0.05) is 0 Å². The normalized spacial score (nSPS) is 14.3. The average molecular weight is 299 g/mol. The van der Waals surface area contributed by atoms with Crippen molar-refractivity contribution in [2.45, 2.75) is 129 Å². The quantitative estimate of drug-likeness (QED) is 0.304. The topological polar surface area (TPSA) is 20.2 Å². The fourth-order valence-corrected chi connectivity index (χ4v) is 3.12. The summed E-state index contributed by atoms with van der Waals surface area (Å²) in [6, 6.07) is 0. The van der Waals surface area contributed by atoms with Crippen molar-refractivity contribution in [3.05, 3.63) is 0 Å². The molecular formula is C20H42O. The van der Waals surface area contributed by atoms with E-state index in [1.54, 1.807) is 0 Å². The smallest absolute Gasteiger partial charge is 0.0645 e. The molecule has 0 aromatic rings. The second kappa shape index (κ2) is 14.9. The van der Waals surface area contributed by atoms with Crippen LogP contribution in [0.1, 0.15) is 124 Å².